The van der Waals surface area contributed by atoms with Crippen LogP contribution in [0.5, 0.6) is 0 Å². The van der Waals surface area contributed by atoms with E-state index in [-0.39, 0.29) is 30.6 Å². The maximum atomic E-state index is 12.9. The molecule has 4 rings (SSSR count). The molecule has 42 heavy (non-hydrogen) atoms. The van der Waals surface area contributed by atoms with E-state index in [1.54, 1.807) is 24.3 Å². The smallest absolute Gasteiger partial charge is 0.269 e. The zero-order chi connectivity index (χ0) is 30.1. The number of carbonyl (C=O) groups excluding carboxylic acids is 4. The summed E-state index contributed by atoms with van der Waals surface area (Å²) in [4.78, 5) is 50.1. The second-order valence-electron chi connectivity index (χ2n) is 10.2. The molecule has 4 aromatic rings. The first kappa shape index (κ1) is 29.7. The molecule has 4 N–H and O–H groups in total. The van der Waals surface area contributed by atoms with Crippen LogP contribution in [0, 0.1) is 20.8 Å². The van der Waals surface area contributed by atoms with Gasteiger partial charge in [0, 0.05) is 11.1 Å². The summed E-state index contributed by atoms with van der Waals surface area (Å²) in [6.45, 7) is 5.68. The summed E-state index contributed by atoms with van der Waals surface area (Å²) < 4.78 is 0. The number of nitrogens with one attached hydrogen (secondary N) is 4. The largest absolute Gasteiger partial charge is 0.273 e. The average molecular weight is 563 g/mol. The van der Waals surface area contributed by atoms with Crippen LogP contribution in [0.25, 0.3) is 0 Å². The highest BCUT2D eigenvalue weighted by atomic mass is 16.2. The lowest BCUT2D eigenvalue weighted by Crippen LogP contribution is -2.42. The number of hydrazine groups is 2. The molecule has 0 unspecified atom stereocenters. The molecule has 0 saturated carbocycles. The predicted molar refractivity (Wildman–Crippen MR) is 161 cm³/mol. The van der Waals surface area contributed by atoms with Gasteiger partial charge in [-0.2, -0.15) is 0 Å². The van der Waals surface area contributed by atoms with E-state index in [0.717, 1.165) is 38.9 Å². The predicted octanol–water partition coefficient (Wildman–Crippen LogP) is 4.21. The van der Waals surface area contributed by atoms with Gasteiger partial charge in [0.1, 0.15) is 0 Å². The van der Waals surface area contributed by atoms with Crippen molar-refractivity contribution in [1.29, 1.82) is 0 Å². The fraction of sp³-hybridized carbons (Fsp3) is 0.176. The molecule has 0 fully saturated rings. The number of carbonyl (C=O) groups is 4. The van der Waals surface area contributed by atoms with E-state index < -0.39 is 5.91 Å². The summed E-state index contributed by atoms with van der Waals surface area (Å²) in [7, 11) is 0. The molecule has 0 atom stereocenters. The van der Waals surface area contributed by atoms with Gasteiger partial charge in [-0.25, -0.2) is 0 Å². The highest BCUT2D eigenvalue weighted by molar-refractivity contribution is 5.97. The fourth-order valence-corrected chi connectivity index (χ4v) is 4.57. The summed E-state index contributed by atoms with van der Waals surface area (Å²) in [6, 6.07) is 27.9. The first-order chi connectivity index (χ1) is 20.2. The molecule has 0 aliphatic heterocycles. The SMILES string of the molecule is Cc1ccc(CC(=O)NNC(=O)c2cccc(Cc3cccc(CC(=O)NNC(=O)c4ccccc4C)c3)c2C)cc1. The molecule has 8 heteroatoms. The number of amides is 4. The Morgan fingerprint density at radius 2 is 1.12 bits per heavy atom. The molecule has 0 aromatic heterocycles. The van der Waals surface area contributed by atoms with Crippen LogP contribution in [0.3, 0.4) is 0 Å². The van der Waals surface area contributed by atoms with Crippen LogP contribution in [-0.4, -0.2) is 23.6 Å². The van der Waals surface area contributed by atoms with Gasteiger partial charge in [-0.1, -0.05) is 84.4 Å². The van der Waals surface area contributed by atoms with Crippen LogP contribution in [0.15, 0.2) is 91.0 Å². The first-order valence-corrected chi connectivity index (χ1v) is 13.7. The van der Waals surface area contributed by atoms with E-state index >= 15 is 0 Å². The monoisotopic (exact) mass is 562 g/mol. The van der Waals surface area contributed by atoms with E-state index in [2.05, 4.69) is 21.7 Å². The molecule has 0 heterocycles. The molecule has 8 nitrogen and oxygen atoms in total. The molecule has 4 aromatic carbocycles. The third-order valence-electron chi connectivity index (χ3n) is 6.95. The van der Waals surface area contributed by atoms with Crippen molar-refractivity contribution in [3.8, 4) is 0 Å². The number of rotatable bonds is 8. The minimum atomic E-state index is -0.398. The Bertz CT molecular complexity index is 1610. The normalized spacial score (nSPS) is 10.5. The molecule has 0 spiro atoms. The van der Waals surface area contributed by atoms with E-state index in [1.165, 1.54) is 0 Å². The maximum Gasteiger partial charge on any atom is 0.269 e. The van der Waals surface area contributed by atoms with Crippen LogP contribution >= 0.6 is 0 Å². The third kappa shape index (κ3) is 8.14. The number of benzene rings is 4. The lowest BCUT2D eigenvalue weighted by Gasteiger charge is -2.13. The Hall–Kier alpha value is -5.24. The van der Waals surface area contributed by atoms with Gasteiger partial charge in [-0.05, 0) is 72.7 Å². The average Bonchev–Trinajstić information content (AvgIpc) is 2.97. The lowest BCUT2D eigenvalue weighted by molar-refractivity contribution is -0.122. The molecular weight excluding hydrogens is 528 g/mol. The summed E-state index contributed by atoms with van der Waals surface area (Å²) in [6.07, 6.45) is 0.796. The topological polar surface area (TPSA) is 116 Å². The van der Waals surface area contributed by atoms with Crippen LogP contribution in [-0.2, 0) is 28.9 Å². The zero-order valence-electron chi connectivity index (χ0n) is 23.9. The zero-order valence-corrected chi connectivity index (χ0v) is 23.9. The molecule has 214 valence electrons. The second kappa shape index (κ2) is 13.9. The van der Waals surface area contributed by atoms with Gasteiger partial charge < -0.3 is 0 Å². The lowest BCUT2D eigenvalue weighted by atomic mass is 9.95. The van der Waals surface area contributed by atoms with Crippen LogP contribution in [0.4, 0.5) is 0 Å². The second-order valence-corrected chi connectivity index (χ2v) is 10.2. The third-order valence-corrected chi connectivity index (χ3v) is 6.95. The summed E-state index contributed by atoms with van der Waals surface area (Å²) in [5, 5.41) is 0. The Labute approximate surface area is 245 Å². The van der Waals surface area contributed by atoms with Crippen LogP contribution < -0.4 is 21.7 Å². The van der Waals surface area contributed by atoms with Gasteiger partial charge in [0.05, 0.1) is 12.8 Å². The summed E-state index contributed by atoms with van der Waals surface area (Å²) in [5.41, 5.74) is 17.2. The van der Waals surface area contributed by atoms with Crippen molar-refractivity contribution in [2.24, 2.45) is 0 Å². The van der Waals surface area contributed by atoms with Crippen molar-refractivity contribution < 1.29 is 19.2 Å². The van der Waals surface area contributed by atoms with E-state index in [9.17, 15) is 19.2 Å². The van der Waals surface area contributed by atoms with Gasteiger partial charge in [-0.15, -0.1) is 0 Å². The Balaban J connectivity index is 1.32. The van der Waals surface area contributed by atoms with Gasteiger partial charge >= 0.3 is 0 Å². The van der Waals surface area contributed by atoms with Crippen LogP contribution in [0.1, 0.15) is 59.7 Å². The molecular formula is C34H34N4O4. The minimum absolute atomic E-state index is 0.0889. The molecule has 0 radical (unpaired) electrons. The number of hydrogen-bond donors (Lipinski definition) is 4. The quantitative estimate of drug-likeness (QED) is 0.241. The highest BCUT2D eigenvalue weighted by Gasteiger charge is 2.14. The van der Waals surface area contributed by atoms with Crippen LogP contribution in [0.2, 0.25) is 0 Å². The van der Waals surface area contributed by atoms with Gasteiger partial charge in [0.25, 0.3) is 11.8 Å². The van der Waals surface area contributed by atoms with Gasteiger partial charge in [-0.3, -0.25) is 40.9 Å². The van der Waals surface area contributed by atoms with Crippen molar-refractivity contribution in [2.45, 2.75) is 40.0 Å². The Morgan fingerprint density at radius 3 is 1.81 bits per heavy atom. The minimum Gasteiger partial charge on any atom is -0.273 e. The molecule has 0 aliphatic carbocycles. The molecule has 0 bridgehead atoms. The summed E-state index contributed by atoms with van der Waals surface area (Å²) in [5.74, 6) is -1.42. The van der Waals surface area contributed by atoms with Crippen molar-refractivity contribution >= 4 is 23.6 Å². The number of aryl methyl sites for hydroxylation is 2. The van der Waals surface area contributed by atoms with Crippen molar-refractivity contribution in [2.75, 3.05) is 0 Å². The first-order valence-electron chi connectivity index (χ1n) is 13.7. The molecule has 0 aliphatic rings. The standard InChI is InChI=1S/C34H34N4O4/c1-22-14-16-25(17-15-22)20-31(39)35-38-34(42)30-13-7-11-28(24(30)3)19-26-9-6-10-27(18-26)21-32(40)36-37-33(41)29-12-5-4-8-23(29)2/h4-18H,19-21H2,1-3H3,(H,35,39)(H,36,40)(H,37,41)(H,38,42). The fourth-order valence-electron chi connectivity index (χ4n) is 4.57. The van der Waals surface area contributed by atoms with Gasteiger partial charge in [0.15, 0.2) is 0 Å². The molecule has 0 saturated heterocycles. The van der Waals surface area contributed by atoms with Crippen molar-refractivity contribution in [1.82, 2.24) is 21.7 Å². The van der Waals surface area contributed by atoms with E-state index in [0.29, 0.717) is 17.5 Å². The van der Waals surface area contributed by atoms with Crippen molar-refractivity contribution in [3.63, 3.8) is 0 Å². The highest BCUT2D eigenvalue weighted by Crippen LogP contribution is 2.19. The number of hydrogen-bond acceptors (Lipinski definition) is 4. The summed E-state index contributed by atoms with van der Waals surface area (Å²) >= 11 is 0. The van der Waals surface area contributed by atoms with E-state index in [4.69, 9.17) is 0 Å². The van der Waals surface area contributed by atoms with Crippen molar-refractivity contribution in [3.05, 3.63) is 141 Å². The molecule has 4 amide bonds. The maximum absolute atomic E-state index is 12.9. The Kier molecular flexibility index (Phi) is 9.84. The van der Waals surface area contributed by atoms with E-state index in [1.807, 2.05) is 87.5 Å². The van der Waals surface area contributed by atoms with Gasteiger partial charge in [0.2, 0.25) is 11.8 Å². The Morgan fingerprint density at radius 1 is 0.548 bits per heavy atom.